The molecular weight excluding hydrogens is 204 g/mol. The van der Waals surface area contributed by atoms with Crippen LogP contribution in [0.3, 0.4) is 0 Å². The van der Waals surface area contributed by atoms with E-state index in [1.807, 2.05) is 0 Å². The lowest BCUT2D eigenvalue weighted by molar-refractivity contribution is 0.198. The summed E-state index contributed by atoms with van der Waals surface area (Å²) in [6.45, 7) is 2.09. The normalized spacial score (nSPS) is 30.1. The minimum Gasteiger partial charge on any atom is -0.390 e. The molecule has 1 saturated carbocycles. The Kier molecular flexibility index (Phi) is 2.46. The standard InChI is InChI=1S/C11H18N4O/c12-10-13-14-11(16-10)15-6-5-8-3-1-2-4-9(8)7-15/h8-9H,1-7H2,(H2,12,13). The van der Waals surface area contributed by atoms with E-state index in [9.17, 15) is 0 Å². The summed E-state index contributed by atoms with van der Waals surface area (Å²) in [5.41, 5.74) is 5.45. The number of nitrogens with zero attached hydrogens (tertiary/aromatic N) is 3. The molecule has 2 unspecified atom stereocenters. The summed E-state index contributed by atoms with van der Waals surface area (Å²) in [4.78, 5) is 2.19. The highest BCUT2D eigenvalue weighted by molar-refractivity contribution is 5.28. The molecule has 0 spiro atoms. The number of hydrogen-bond donors (Lipinski definition) is 1. The van der Waals surface area contributed by atoms with E-state index in [1.165, 1.54) is 32.1 Å². The zero-order valence-corrected chi connectivity index (χ0v) is 9.43. The molecular formula is C11H18N4O. The Morgan fingerprint density at radius 3 is 2.69 bits per heavy atom. The first-order valence-electron chi connectivity index (χ1n) is 6.17. The largest absolute Gasteiger partial charge is 0.390 e. The van der Waals surface area contributed by atoms with E-state index in [0.29, 0.717) is 6.01 Å². The summed E-state index contributed by atoms with van der Waals surface area (Å²) in [6.07, 6.45) is 6.80. The van der Waals surface area contributed by atoms with Crippen molar-refractivity contribution in [3.05, 3.63) is 0 Å². The predicted molar refractivity (Wildman–Crippen MR) is 61.0 cm³/mol. The summed E-state index contributed by atoms with van der Waals surface area (Å²) in [6, 6.07) is 0.766. The van der Waals surface area contributed by atoms with Gasteiger partial charge >= 0.3 is 12.0 Å². The van der Waals surface area contributed by atoms with Crippen LogP contribution in [0.25, 0.3) is 0 Å². The summed E-state index contributed by atoms with van der Waals surface area (Å²) in [7, 11) is 0. The van der Waals surface area contributed by atoms with Crippen LogP contribution in [-0.4, -0.2) is 23.3 Å². The summed E-state index contributed by atoms with van der Waals surface area (Å²) >= 11 is 0. The predicted octanol–water partition coefficient (Wildman–Crippen LogP) is 1.67. The van der Waals surface area contributed by atoms with Crippen LogP contribution >= 0.6 is 0 Å². The van der Waals surface area contributed by atoms with Crippen LogP contribution in [0.4, 0.5) is 12.0 Å². The molecule has 2 aliphatic rings. The van der Waals surface area contributed by atoms with Gasteiger partial charge in [-0.1, -0.05) is 29.5 Å². The average molecular weight is 222 g/mol. The highest BCUT2D eigenvalue weighted by Gasteiger charge is 2.32. The molecule has 2 heterocycles. The number of rotatable bonds is 1. The van der Waals surface area contributed by atoms with Gasteiger partial charge in [-0.15, -0.1) is 0 Å². The van der Waals surface area contributed by atoms with Crippen molar-refractivity contribution in [2.45, 2.75) is 32.1 Å². The molecule has 0 radical (unpaired) electrons. The smallest absolute Gasteiger partial charge is 0.319 e. The number of aromatic nitrogens is 2. The van der Waals surface area contributed by atoms with Gasteiger partial charge in [-0.3, -0.25) is 0 Å². The van der Waals surface area contributed by atoms with E-state index < -0.39 is 0 Å². The maximum atomic E-state index is 5.45. The van der Waals surface area contributed by atoms with Gasteiger partial charge in [0.15, 0.2) is 0 Å². The Labute approximate surface area is 95.0 Å². The van der Waals surface area contributed by atoms with Crippen molar-refractivity contribution in [2.75, 3.05) is 23.7 Å². The lowest BCUT2D eigenvalue weighted by atomic mass is 9.75. The van der Waals surface area contributed by atoms with E-state index in [0.717, 1.165) is 24.9 Å². The van der Waals surface area contributed by atoms with Gasteiger partial charge in [-0.05, 0) is 24.7 Å². The monoisotopic (exact) mass is 222 g/mol. The molecule has 0 bridgehead atoms. The topological polar surface area (TPSA) is 68.2 Å². The number of hydrogen-bond acceptors (Lipinski definition) is 5. The van der Waals surface area contributed by atoms with Crippen LogP contribution in [-0.2, 0) is 0 Å². The van der Waals surface area contributed by atoms with Crippen LogP contribution in [0.15, 0.2) is 4.42 Å². The fraction of sp³-hybridized carbons (Fsp3) is 0.818. The lowest BCUT2D eigenvalue weighted by Gasteiger charge is -2.40. The Morgan fingerprint density at radius 1 is 1.12 bits per heavy atom. The Balaban J connectivity index is 1.70. The van der Waals surface area contributed by atoms with Crippen molar-refractivity contribution in [1.29, 1.82) is 0 Å². The van der Waals surface area contributed by atoms with Crippen LogP contribution in [0, 0.1) is 11.8 Å². The number of nitrogens with two attached hydrogens (primary N) is 1. The molecule has 5 nitrogen and oxygen atoms in total. The number of piperidine rings is 1. The molecule has 2 fully saturated rings. The van der Waals surface area contributed by atoms with Crippen molar-refractivity contribution in [3.8, 4) is 0 Å². The van der Waals surface area contributed by atoms with Crippen molar-refractivity contribution >= 4 is 12.0 Å². The molecule has 88 valence electrons. The number of fused-ring (bicyclic) bond motifs is 1. The van der Waals surface area contributed by atoms with E-state index in [4.69, 9.17) is 10.2 Å². The molecule has 1 aromatic heterocycles. The van der Waals surface area contributed by atoms with Crippen LogP contribution in [0.5, 0.6) is 0 Å². The SMILES string of the molecule is Nc1nnc(N2CCC3CCCCC3C2)o1. The molecule has 1 aliphatic heterocycles. The van der Waals surface area contributed by atoms with E-state index in [-0.39, 0.29) is 6.01 Å². The van der Waals surface area contributed by atoms with Crippen molar-refractivity contribution in [2.24, 2.45) is 11.8 Å². The molecule has 1 saturated heterocycles. The van der Waals surface area contributed by atoms with Crippen LogP contribution in [0.1, 0.15) is 32.1 Å². The maximum absolute atomic E-state index is 5.45. The van der Waals surface area contributed by atoms with Crippen molar-refractivity contribution in [1.82, 2.24) is 10.2 Å². The minimum absolute atomic E-state index is 0.167. The van der Waals surface area contributed by atoms with E-state index in [1.54, 1.807) is 0 Å². The zero-order valence-electron chi connectivity index (χ0n) is 9.43. The van der Waals surface area contributed by atoms with E-state index in [2.05, 4.69) is 15.1 Å². The second-order valence-corrected chi connectivity index (χ2v) is 4.96. The molecule has 2 N–H and O–H groups in total. The van der Waals surface area contributed by atoms with Gasteiger partial charge in [-0.2, -0.15) is 0 Å². The quantitative estimate of drug-likeness (QED) is 0.782. The maximum Gasteiger partial charge on any atom is 0.319 e. The van der Waals surface area contributed by atoms with Gasteiger partial charge in [0.05, 0.1) is 0 Å². The van der Waals surface area contributed by atoms with E-state index >= 15 is 0 Å². The van der Waals surface area contributed by atoms with Crippen molar-refractivity contribution in [3.63, 3.8) is 0 Å². The molecule has 0 amide bonds. The summed E-state index contributed by atoms with van der Waals surface area (Å²) in [5, 5.41) is 7.68. The first-order chi connectivity index (χ1) is 7.83. The minimum atomic E-state index is 0.167. The number of anilines is 2. The fourth-order valence-corrected chi connectivity index (χ4v) is 3.13. The highest BCUT2D eigenvalue weighted by Crippen LogP contribution is 2.37. The molecule has 0 aromatic carbocycles. The van der Waals surface area contributed by atoms with Crippen LogP contribution in [0.2, 0.25) is 0 Å². The lowest BCUT2D eigenvalue weighted by Crippen LogP contribution is -2.42. The summed E-state index contributed by atoms with van der Waals surface area (Å²) < 4.78 is 5.28. The number of nitrogen functional groups attached to an aromatic ring is 1. The highest BCUT2D eigenvalue weighted by atomic mass is 16.4. The third kappa shape index (κ3) is 1.74. The molecule has 2 atom stereocenters. The first kappa shape index (κ1) is 9.93. The molecule has 1 aromatic rings. The first-order valence-corrected chi connectivity index (χ1v) is 6.17. The second-order valence-electron chi connectivity index (χ2n) is 4.96. The van der Waals surface area contributed by atoms with Gasteiger partial charge in [0.2, 0.25) is 0 Å². The third-order valence-electron chi connectivity index (χ3n) is 3.99. The van der Waals surface area contributed by atoms with Gasteiger partial charge in [0.25, 0.3) is 0 Å². The third-order valence-corrected chi connectivity index (χ3v) is 3.99. The Morgan fingerprint density at radius 2 is 1.94 bits per heavy atom. The average Bonchev–Trinajstić information content (AvgIpc) is 2.75. The fourth-order valence-electron chi connectivity index (χ4n) is 3.13. The van der Waals surface area contributed by atoms with Crippen LogP contribution < -0.4 is 10.6 Å². The molecule has 1 aliphatic carbocycles. The van der Waals surface area contributed by atoms with Gasteiger partial charge in [-0.25, -0.2) is 0 Å². The Hall–Kier alpha value is -1.26. The summed E-state index contributed by atoms with van der Waals surface area (Å²) in [5.74, 6) is 1.74. The Bertz CT molecular complexity index is 365. The van der Waals surface area contributed by atoms with Crippen molar-refractivity contribution < 1.29 is 4.42 Å². The molecule has 3 rings (SSSR count). The molecule has 5 heteroatoms. The molecule has 16 heavy (non-hydrogen) atoms. The van der Waals surface area contributed by atoms with Gasteiger partial charge < -0.3 is 15.1 Å². The van der Waals surface area contributed by atoms with Gasteiger partial charge in [0, 0.05) is 13.1 Å². The zero-order chi connectivity index (χ0) is 11.0. The van der Waals surface area contributed by atoms with Gasteiger partial charge in [0.1, 0.15) is 0 Å². The second kappa shape index (κ2) is 3.96.